The van der Waals surface area contributed by atoms with E-state index in [1.807, 2.05) is 24.5 Å². The van der Waals surface area contributed by atoms with Crippen LogP contribution in [-0.2, 0) is 12.8 Å². The number of nitrogens with zero attached hydrogens (tertiary/aromatic N) is 3. The summed E-state index contributed by atoms with van der Waals surface area (Å²) in [4.78, 5) is 13.2. The SMILES string of the molecule is CC(CCc1nc2ccccc2s1)Cc1ncccn1. The van der Waals surface area contributed by atoms with E-state index in [9.17, 15) is 0 Å². The Morgan fingerprint density at radius 1 is 1.10 bits per heavy atom. The number of hydrogen-bond donors (Lipinski definition) is 0. The number of thiazole rings is 1. The smallest absolute Gasteiger partial charge is 0.128 e. The van der Waals surface area contributed by atoms with Crippen molar-refractivity contribution in [3.05, 3.63) is 53.6 Å². The Morgan fingerprint density at radius 2 is 1.90 bits per heavy atom. The zero-order chi connectivity index (χ0) is 13.8. The first kappa shape index (κ1) is 13.2. The summed E-state index contributed by atoms with van der Waals surface area (Å²) in [6.45, 7) is 2.25. The minimum atomic E-state index is 0.574. The molecule has 1 aromatic carbocycles. The average Bonchev–Trinajstić information content (AvgIpc) is 2.89. The normalized spacial score (nSPS) is 12.7. The van der Waals surface area contributed by atoms with E-state index >= 15 is 0 Å². The van der Waals surface area contributed by atoms with Gasteiger partial charge in [-0.3, -0.25) is 0 Å². The van der Waals surface area contributed by atoms with Crippen LogP contribution in [0.5, 0.6) is 0 Å². The molecule has 0 aliphatic rings. The van der Waals surface area contributed by atoms with Crippen molar-refractivity contribution in [2.45, 2.75) is 26.2 Å². The number of aryl methyl sites for hydroxylation is 1. The number of aromatic nitrogens is 3. The second-order valence-electron chi connectivity index (χ2n) is 5.09. The fourth-order valence-electron chi connectivity index (χ4n) is 2.25. The van der Waals surface area contributed by atoms with Crippen molar-refractivity contribution in [1.82, 2.24) is 15.0 Å². The molecule has 0 saturated carbocycles. The first-order chi connectivity index (χ1) is 9.81. The summed E-state index contributed by atoms with van der Waals surface area (Å²) in [5.41, 5.74) is 1.12. The lowest BCUT2D eigenvalue weighted by Crippen LogP contribution is -2.04. The van der Waals surface area contributed by atoms with Crippen LogP contribution in [0.2, 0.25) is 0 Å². The van der Waals surface area contributed by atoms with Gasteiger partial charge >= 0.3 is 0 Å². The van der Waals surface area contributed by atoms with E-state index in [1.165, 1.54) is 9.71 Å². The molecule has 102 valence electrons. The average molecular weight is 283 g/mol. The number of hydrogen-bond acceptors (Lipinski definition) is 4. The van der Waals surface area contributed by atoms with Gasteiger partial charge in [-0.25, -0.2) is 15.0 Å². The predicted molar refractivity (Wildman–Crippen MR) is 82.8 cm³/mol. The van der Waals surface area contributed by atoms with Crippen LogP contribution in [0.25, 0.3) is 10.2 Å². The largest absolute Gasteiger partial charge is 0.241 e. The molecule has 1 unspecified atom stereocenters. The maximum absolute atomic E-state index is 4.68. The monoisotopic (exact) mass is 283 g/mol. The van der Waals surface area contributed by atoms with Gasteiger partial charge in [0.2, 0.25) is 0 Å². The van der Waals surface area contributed by atoms with Crippen LogP contribution in [0.15, 0.2) is 42.7 Å². The van der Waals surface area contributed by atoms with Gasteiger partial charge < -0.3 is 0 Å². The standard InChI is InChI=1S/C16H17N3S/c1-12(11-15-17-9-4-10-18-15)7-8-16-19-13-5-2-3-6-14(13)20-16/h2-6,9-10,12H,7-8,11H2,1H3. The van der Waals surface area contributed by atoms with Gasteiger partial charge in [0.25, 0.3) is 0 Å². The summed E-state index contributed by atoms with van der Waals surface area (Å²) in [6.07, 6.45) is 6.71. The van der Waals surface area contributed by atoms with E-state index in [0.29, 0.717) is 5.92 Å². The Balaban J connectivity index is 1.58. The highest BCUT2D eigenvalue weighted by atomic mass is 32.1. The molecule has 0 radical (unpaired) electrons. The molecule has 1 atom stereocenters. The van der Waals surface area contributed by atoms with E-state index in [2.05, 4.69) is 40.1 Å². The summed E-state index contributed by atoms with van der Waals surface area (Å²) in [7, 11) is 0. The van der Waals surface area contributed by atoms with E-state index in [-0.39, 0.29) is 0 Å². The van der Waals surface area contributed by atoms with Crippen molar-refractivity contribution < 1.29 is 0 Å². The van der Waals surface area contributed by atoms with Crippen LogP contribution >= 0.6 is 11.3 Å². The third-order valence-electron chi connectivity index (χ3n) is 3.34. The van der Waals surface area contributed by atoms with Gasteiger partial charge in [-0.05, 0) is 37.0 Å². The lowest BCUT2D eigenvalue weighted by Gasteiger charge is -2.08. The highest BCUT2D eigenvalue weighted by molar-refractivity contribution is 7.18. The van der Waals surface area contributed by atoms with Crippen LogP contribution in [0.4, 0.5) is 0 Å². The van der Waals surface area contributed by atoms with Gasteiger partial charge in [-0.15, -0.1) is 11.3 Å². The molecule has 4 heteroatoms. The van der Waals surface area contributed by atoms with Crippen molar-refractivity contribution in [2.24, 2.45) is 5.92 Å². The Morgan fingerprint density at radius 3 is 2.70 bits per heavy atom. The highest BCUT2D eigenvalue weighted by Gasteiger charge is 2.08. The molecule has 2 aromatic heterocycles. The molecule has 2 heterocycles. The first-order valence-electron chi connectivity index (χ1n) is 6.91. The van der Waals surface area contributed by atoms with Crippen LogP contribution in [0.3, 0.4) is 0 Å². The lowest BCUT2D eigenvalue weighted by atomic mass is 10.0. The van der Waals surface area contributed by atoms with Crippen molar-refractivity contribution in [3.63, 3.8) is 0 Å². The second kappa shape index (κ2) is 6.09. The third kappa shape index (κ3) is 3.20. The predicted octanol–water partition coefficient (Wildman–Crippen LogP) is 3.90. The molecule has 0 amide bonds. The second-order valence-corrected chi connectivity index (χ2v) is 6.20. The van der Waals surface area contributed by atoms with E-state index in [4.69, 9.17) is 0 Å². The fourth-order valence-corrected chi connectivity index (χ4v) is 3.23. The summed E-state index contributed by atoms with van der Waals surface area (Å²) in [6, 6.07) is 10.2. The topological polar surface area (TPSA) is 38.7 Å². The molecule has 0 N–H and O–H groups in total. The molecule has 0 bridgehead atoms. The summed E-state index contributed by atoms with van der Waals surface area (Å²) < 4.78 is 1.28. The number of para-hydroxylation sites is 1. The molecule has 0 aliphatic carbocycles. The van der Waals surface area contributed by atoms with Crippen molar-refractivity contribution in [2.75, 3.05) is 0 Å². The van der Waals surface area contributed by atoms with Gasteiger partial charge in [0.05, 0.1) is 15.2 Å². The third-order valence-corrected chi connectivity index (χ3v) is 4.44. The zero-order valence-electron chi connectivity index (χ0n) is 11.5. The van der Waals surface area contributed by atoms with Gasteiger partial charge in [-0.1, -0.05) is 19.1 Å². The molecule has 0 aliphatic heterocycles. The lowest BCUT2D eigenvalue weighted by molar-refractivity contribution is 0.516. The quantitative estimate of drug-likeness (QED) is 0.713. The number of rotatable bonds is 5. The van der Waals surface area contributed by atoms with E-state index in [0.717, 1.165) is 30.6 Å². The maximum Gasteiger partial charge on any atom is 0.128 e. The molecule has 0 spiro atoms. The maximum atomic E-state index is 4.68. The molecular formula is C16H17N3S. The summed E-state index contributed by atoms with van der Waals surface area (Å²) >= 11 is 1.80. The van der Waals surface area contributed by atoms with Crippen LogP contribution in [-0.4, -0.2) is 15.0 Å². The molecule has 3 rings (SSSR count). The summed E-state index contributed by atoms with van der Waals surface area (Å²) in [5, 5.41) is 1.23. The Labute approximate surface area is 122 Å². The van der Waals surface area contributed by atoms with Crippen LogP contribution in [0.1, 0.15) is 24.2 Å². The Hall–Kier alpha value is -1.81. The minimum Gasteiger partial charge on any atom is -0.241 e. The van der Waals surface area contributed by atoms with E-state index in [1.54, 1.807) is 11.3 Å². The van der Waals surface area contributed by atoms with E-state index < -0.39 is 0 Å². The van der Waals surface area contributed by atoms with Crippen LogP contribution < -0.4 is 0 Å². The fraction of sp³-hybridized carbons (Fsp3) is 0.312. The highest BCUT2D eigenvalue weighted by Crippen LogP contribution is 2.23. The molecule has 3 nitrogen and oxygen atoms in total. The molecule has 3 aromatic rings. The molecule has 20 heavy (non-hydrogen) atoms. The summed E-state index contributed by atoms with van der Waals surface area (Å²) in [5.74, 6) is 1.51. The van der Waals surface area contributed by atoms with Gasteiger partial charge in [0, 0.05) is 18.8 Å². The molecular weight excluding hydrogens is 266 g/mol. The first-order valence-corrected chi connectivity index (χ1v) is 7.73. The Bertz CT molecular complexity index is 645. The van der Waals surface area contributed by atoms with Gasteiger partial charge in [-0.2, -0.15) is 0 Å². The van der Waals surface area contributed by atoms with Crippen molar-refractivity contribution in [1.29, 1.82) is 0 Å². The van der Waals surface area contributed by atoms with Crippen molar-refractivity contribution in [3.8, 4) is 0 Å². The number of benzene rings is 1. The van der Waals surface area contributed by atoms with Gasteiger partial charge in [0.1, 0.15) is 5.82 Å². The molecule has 0 saturated heterocycles. The Kier molecular flexibility index (Phi) is 4.02. The minimum absolute atomic E-state index is 0.574. The van der Waals surface area contributed by atoms with Crippen molar-refractivity contribution >= 4 is 21.6 Å². The van der Waals surface area contributed by atoms with Crippen LogP contribution in [0, 0.1) is 5.92 Å². The molecule has 0 fully saturated rings. The number of fused-ring (bicyclic) bond motifs is 1. The van der Waals surface area contributed by atoms with Gasteiger partial charge in [0.15, 0.2) is 0 Å². The zero-order valence-corrected chi connectivity index (χ0v) is 12.3.